The minimum atomic E-state index is 0.473. The zero-order valence-corrected chi connectivity index (χ0v) is 10.8. The van der Waals surface area contributed by atoms with Gasteiger partial charge in [0.1, 0.15) is 0 Å². The number of rotatable bonds is 3. The average molecular weight is 234 g/mol. The molecular weight excluding hydrogens is 212 g/mol. The summed E-state index contributed by atoms with van der Waals surface area (Å²) in [5.74, 6) is 1.04. The molecule has 0 aromatic carbocycles. The van der Waals surface area contributed by atoms with E-state index in [2.05, 4.69) is 39.8 Å². The largest absolute Gasteiger partial charge is 0.351 e. The Balaban J connectivity index is 1.72. The van der Waals surface area contributed by atoms with Crippen LogP contribution in [-0.4, -0.2) is 39.6 Å². The van der Waals surface area contributed by atoms with Crippen molar-refractivity contribution in [2.45, 2.75) is 51.2 Å². The number of nitrogens with one attached hydrogen (secondary N) is 1. The van der Waals surface area contributed by atoms with Crippen LogP contribution in [0.2, 0.25) is 0 Å². The maximum absolute atomic E-state index is 4.45. The van der Waals surface area contributed by atoms with Crippen LogP contribution in [0.4, 0.5) is 5.95 Å². The first-order chi connectivity index (χ1) is 8.25. The number of anilines is 1. The Kier molecular flexibility index (Phi) is 2.82. The molecule has 1 N–H and O–H groups in total. The lowest BCUT2D eigenvalue weighted by molar-refractivity contribution is 0.317. The van der Waals surface area contributed by atoms with E-state index in [0.29, 0.717) is 12.1 Å². The van der Waals surface area contributed by atoms with Crippen molar-refractivity contribution in [3.05, 3.63) is 12.4 Å². The van der Waals surface area contributed by atoms with Gasteiger partial charge in [0.2, 0.25) is 5.95 Å². The third kappa shape index (κ3) is 1.95. The zero-order chi connectivity index (χ0) is 11.8. The lowest BCUT2D eigenvalue weighted by Gasteiger charge is -2.23. The fraction of sp³-hybridized carbons (Fsp3) is 0.769. The Morgan fingerprint density at radius 2 is 2.24 bits per heavy atom. The summed E-state index contributed by atoms with van der Waals surface area (Å²) in [6, 6.07) is 1.81. The lowest BCUT2D eigenvalue weighted by Crippen LogP contribution is -2.34. The SMILES string of the molecule is CC(C)n1ccnc1NC1CCN2CCCC12. The third-order valence-electron chi connectivity index (χ3n) is 4.15. The summed E-state index contributed by atoms with van der Waals surface area (Å²) in [5, 5.41) is 3.65. The molecule has 2 unspecified atom stereocenters. The van der Waals surface area contributed by atoms with Crippen LogP contribution in [0.1, 0.15) is 39.2 Å². The zero-order valence-electron chi connectivity index (χ0n) is 10.8. The van der Waals surface area contributed by atoms with E-state index in [1.165, 1.54) is 32.4 Å². The van der Waals surface area contributed by atoms with Crippen molar-refractivity contribution in [1.29, 1.82) is 0 Å². The van der Waals surface area contributed by atoms with Gasteiger partial charge in [-0.3, -0.25) is 4.90 Å². The van der Waals surface area contributed by atoms with E-state index in [1.807, 2.05) is 6.20 Å². The molecule has 3 heterocycles. The summed E-state index contributed by atoms with van der Waals surface area (Å²) < 4.78 is 2.22. The molecule has 0 saturated carbocycles. The maximum Gasteiger partial charge on any atom is 0.203 e. The van der Waals surface area contributed by atoms with Crippen LogP contribution in [0.5, 0.6) is 0 Å². The summed E-state index contributed by atoms with van der Waals surface area (Å²) in [7, 11) is 0. The molecule has 2 fully saturated rings. The van der Waals surface area contributed by atoms with Crippen molar-refractivity contribution in [2.24, 2.45) is 0 Å². The molecule has 2 aliphatic heterocycles. The van der Waals surface area contributed by atoms with E-state index in [1.54, 1.807) is 0 Å². The summed E-state index contributed by atoms with van der Waals surface area (Å²) in [4.78, 5) is 7.07. The second kappa shape index (κ2) is 4.33. The molecule has 94 valence electrons. The van der Waals surface area contributed by atoms with Gasteiger partial charge in [-0.25, -0.2) is 4.98 Å². The molecule has 0 aliphatic carbocycles. The van der Waals surface area contributed by atoms with Crippen molar-refractivity contribution in [3.8, 4) is 0 Å². The number of imidazole rings is 1. The van der Waals surface area contributed by atoms with Crippen LogP contribution in [0.25, 0.3) is 0 Å². The number of hydrogen-bond acceptors (Lipinski definition) is 3. The molecule has 2 saturated heterocycles. The topological polar surface area (TPSA) is 33.1 Å². The minimum absolute atomic E-state index is 0.473. The van der Waals surface area contributed by atoms with Crippen molar-refractivity contribution < 1.29 is 0 Å². The first kappa shape index (κ1) is 11.1. The van der Waals surface area contributed by atoms with Crippen molar-refractivity contribution in [1.82, 2.24) is 14.5 Å². The van der Waals surface area contributed by atoms with Gasteiger partial charge in [0.15, 0.2) is 0 Å². The van der Waals surface area contributed by atoms with E-state index in [-0.39, 0.29) is 0 Å². The minimum Gasteiger partial charge on any atom is -0.351 e. The third-order valence-corrected chi connectivity index (χ3v) is 4.15. The Bertz CT molecular complexity index is 385. The van der Waals surface area contributed by atoms with Gasteiger partial charge in [-0.2, -0.15) is 0 Å². The second-order valence-electron chi connectivity index (χ2n) is 5.54. The number of nitrogens with zero attached hydrogens (tertiary/aromatic N) is 3. The predicted molar refractivity (Wildman–Crippen MR) is 69.2 cm³/mol. The fourth-order valence-electron chi connectivity index (χ4n) is 3.26. The molecule has 1 aromatic rings. The van der Waals surface area contributed by atoms with Crippen molar-refractivity contribution in [2.75, 3.05) is 18.4 Å². The van der Waals surface area contributed by atoms with Gasteiger partial charge in [0.25, 0.3) is 0 Å². The normalized spacial score (nSPS) is 28.9. The maximum atomic E-state index is 4.45. The van der Waals surface area contributed by atoms with Gasteiger partial charge in [0.05, 0.1) is 0 Å². The molecule has 4 nitrogen and oxygen atoms in total. The molecule has 17 heavy (non-hydrogen) atoms. The molecule has 0 radical (unpaired) electrons. The first-order valence-corrected chi connectivity index (χ1v) is 6.79. The van der Waals surface area contributed by atoms with E-state index >= 15 is 0 Å². The fourth-order valence-corrected chi connectivity index (χ4v) is 3.26. The summed E-state index contributed by atoms with van der Waals surface area (Å²) in [6.45, 7) is 6.94. The van der Waals surface area contributed by atoms with Gasteiger partial charge in [-0.05, 0) is 39.7 Å². The highest BCUT2D eigenvalue weighted by atomic mass is 15.3. The smallest absolute Gasteiger partial charge is 0.203 e. The van der Waals surface area contributed by atoms with E-state index in [9.17, 15) is 0 Å². The van der Waals surface area contributed by atoms with Crippen LogP contribution < -0.4 is 5.32 Å². The summed E-state index contributed by atoms with van der Waals surface area (Å²) in [6.07, 6.45) is 7.93. The highest BCUT2D eigenvalue weighted by molar-refractivity contribution is 5.30. The van der Waals surface area contributed by atoms with Gasteiger partial charge in [-0.1, -0.05) is 0 Å². The predicted octanol–water partition coefficient (Wildman–Crippen LogP) is 2.11. The Morgan fingerprint density at radius 1 is 1.35 bits per heavy atom. The molecular formula is C13H22N4. The van der Waals surface area contributed by atoms with Crippen molar-refractivity contribution >= 4 is 5.95 Å². The molecule has 0 spiro atoms. The average Bonchev–Trinajstić information content (AvgIpc) is 2.96. The molecule has 4 heteroatoms. The molecule has 2 atom stereocenters. The van der Waals surface area contributed by atoms with Crippen LogP contribution >= 0.6 is 0 Å². The molecule has 2 aliphatic rings. The van der Waals surface area contributed by atoms with Gasteiger partial charge in [0, 0.05) is 37.1 Å². The van der Waals surface area contributed by atoms with Crippen LogP contribution in [-0.2, 0) is 0 Å². The first-order valence-electron chi connectivity index (χ1n) is 6.79. The van der Waals surface area contributed by atoms with Gasteiger partial charge in [-0.15, -0.1) is 0 Å². The standard InChI is InChI=1S/C13H22N4/c1-10(2)17-9-6-14-13(17)15-11-5-8-16-7-3-4-12(11)16/h6,9-12H,3-5,7-8H2,1-2H3,(H,14,15). The Labute approximate surface area is 103 Å². The van der Waals surface area contributed by atoms with Gasteiger partial charge >= 0.3 is 0 Å². The molecule has 0 bridgehead atoms. The highest BCUT2D eigenvalue weighted by Gasteiger charge is 2.37. The monoisotopic (exact) mass is 234 g/mol. The van der Waals surface area contributed by atoms with Crippen LogP contribution in [0.3, 0.4) is 0 Å². The number of aromatic nitrogens is 2. The second-order valence-corrected chi connectivity index (χ2v) is 5.54. The molecule has 1 aromatic heterocycles. The molecule has 0 amide bonds. The van der Waals surface area contributed by atoms with E-state index < -0.39 is 0 Å². The van der Waals surface area contributed by atoms with E-state index in [4.69, 9.17) is 0 Å². The van der Waals surface area contributed by atoms with Crippen molar-refractivity contribution in [3.63, 3.8) is 0 Å². The van der Waals surface area contributed by atoms with Crippen LogP contribution in [0.15, 0.2) is 12.4 Å². The lowest BCUT2D eigenvalue weighted by atomic mass is 10.1. The summed E-state index contributed by atoms with van der Waals surface area (Å²) >= 11 is 0. The summed E-state index contributed by atoms with van der Waals surface area (Å²) in [5.41, 5.74) is 0. The quantitative estimate of drug-likeness (QED) is 0.869. The molecule has 3 rings (SSSR count). The highest BCUT2D eigenvalue weighted by Crippen LogP contribution is 2.30. The van der Waals surface area contributed by atoms with Crippen LogP contribution in [0, 0.1) is 0 Å². The van der Waals surface area contributed by atoms with Gasteiger partial charge < -0.3 is 9.88 Å². The number of fused-ring (bicyclic) bond motifs is 1. The van der Waals surface area contributed by atoms with E-state index in [0.717, 1.165) is 12.0 Å². The number of hydrogen-bond donors (Lipinski definition) is 1. The Hall–Kier alpha value is -1.03. The Morgan fingerprint density at radius 3 is 3.06 bits per heavy atom.